The fourth-order valence-electron chi connectivity index (χ4n) is 2.65. The summed E-state index contributed by atoms with van der Waals surface area (Å²) in [5, 5.41) is 2.79. The molecule has 1 aliphatic rings. The van der Waals surface area contributed by atoms with E-state index in [2.05, 4.69) is 10.0 Å². The molecule has 0 unspecified atom stereocenters. The van der Waals surface area contributed by atoms with E-state index in [0.717, 1.165) is 5.56 Å². The van der Waals surface area contributed by atoms with Crippen LogP contribution in [0.5, 0.6) is 5.75 Å². The first kappa shape index (κ1) is 17.3. The number of ether oxygens (including phenoxy) is 1. The number of anilines is 2. The molecular formula is C18H20N2O4S. The number of sulfonamides is 1. The van der Waals surface area contributed by atoms with E-state index in [9.17, 15) is 13.2 Å². The highest BCUT2D eigenvalue weighted by atomic mass is 32.2. The van der Waals surface area contributed by atoms with Crippen LogP contribution in [0.15, 0.2) is 48.5 Å². The fourth-order valence-corrected chi connectivity index (χ4v) is 3.54. The molecule has 6 nitrogen and oxygen atoms in total. The van der Waals surface area contributed by atoms with Gasteiger partial charge in [-0.05, 0) is 49.7 Å². The molecular weight excluding hydrogens is 340 g/mol. The molecule has 2 N–H and O–H groups in total. The van der Waals surface area contributed by atoms with Crippen LogP contribution in [0, 0.1) is 0 Å². The van der Waals surface area contributed by atoms with Crippen LogP contribution in [-0.2, 0) is 20.2 Å². The van der Waals surface area contributed by atoms with Crippen LogP contribution in [0.1, 0.15) is 19.4 Å². The van der Waals surface area contributed by atoms with Gasteiger partial charge in [-0.1, -0.05) is 18.2 Å². The minimum atomic E-state index is -3.55. The molecule has 0 aromatic heterocycles. The van der Waals surface area contributed by atoms with Crippen molar-refractivity contribution in [3.8, 4) is 5.75 Å². The summed E-state index contributed by atoms with van der Waals surface area (Å²) < 4.78 is 32.5. The first-order valence-electron chi connectivity index (χ1n) is 7.92. The summed E-state index contributed by atoms with van der Waals surface area (Å²) in [5.41, 5.74) is 1.24. The third-order valence-corrected chi connectivity index (χ3v) is 5.40. The van der Waals surface area contributed by atoms with Gasteiger partial charge in [0.15, 0.2) is 0 Å². The van der Waals surface area contributed by atoms with Gasteiger partial charge in [0.25, 0.3) is 0 Å². The van der Waals surface area contributed by atoms with Crippen molar-refractivity contribution >= 4 is 27.3 Å². The van der Waals surface area contributed by atoms with E-state index in [4.69, 9.17) is 4.74 Å². The van der Waals surface area contributed by atoms with Crippen LogP contribution >= 0.6 is 0 Å². The van der Waals surface area contributed by atoms with E-state index in [1.54, 1.807) is 44.2 Å². The van der Waals surface area contributed by atoms with E-state index in [1.807, 2.05) is 18.2 Å². The summed E-state index contributed by atoms with van der Waals surface area (Å²) >= 11 is 0. The number of carbonyl (C=O) groups excluding carboxylic acids is 1. The average molecular weight is 360 g/mol. The lowest BCUT2D eigenvalue weighted by atomic mass is 9.86. The molecule has 0 saturated carbocycles. The molecule has 0 spiro atoms. The zero-order valence-corrected chi connectivity index (χ0v) is 14.9. The molecule has 0 fully saturated rings. The zero-order valence-electron chi connectivity index (χ0n) is 14.1. The van der Waals surface area contributed by atoms with Crippen LogP contribution in [-0.4, -0.2) is 26.7 Å². The maximum atomic E-state index is 12.2. The highest BCUT2D eigenvalue weighted by Gasteiger charge is 2.38. The van der Waals surface area contributed by atoms with E-state index < -0.39 is 15.4 Å². The van der Waals surface area contributed by atoms with Gasteiger partial charge in [-0.15, -0.1) is 0 Å². The van der Waals surface area contributed by atoms with Crippen molar-refractivity contribution in [2.75, 3.05) is 22.4 Å². The van der Waals surface area contributed by atoms with E-state index >= 15 is 0 Å². The number of nitrogens with one attached hydrogen (secondary N) is 2. The molecule has 0 radical (unpaired) electrons. The normalized spacial score (nSPS) is 15.4. The van der Waals surface area contributed by atoms with Gasteiger partial charge >= 0.3 is 0 Å². The van der Waals surface area contributed by atoms with Crippen LogP contribution in [0.25, 0.3) is 0 Å². The number of hydrogen-bond donors (Lipinski definition) is 2. The van der Waals surface area contributed by atoms with Gasteiger partial charge in [0, 0.05) is 11.4 Å². The summed E-state index contributed by atoms with van der Waals surface area (Å²) in [7, 11) is -3.55. The molecule has 132 valence electrons. The van der Waals surface area contributed by atoms with Crippen molar-refractivity contribution in [1.82, 2.24) is 0 Å². The van der Waals surface area contributed by atoms with Gasteiger partial charge in [-0.3, -0.25) is 9.52 Å². The molecule has 1 amide bonds. The number of para-hydroxylation sites is 1. The van der Waals surface area contributed by atoms with Crippen LogP contribution in [0.3, 0.4) is 0 Å². The summed E-state index contributed by atoms with van der Waals surface area (Å²) in [6, 6.07) is 14.1. The first-order chi connectivity index (χ1) is 11.8. The molecule has 0 aliphatic carbocycles. The van der Waals surface area contributed by atoms with Crippen molar-refractivity contribution in [2.24, 2.45) is 0 Å². The standard InChI is InChI=1S/C18H20N2O4S/c1-18(2)15-12-13(8-9-16(15)19-17(18)21)20-25(22,23)11-10-24-14-6-4-3-5-7-14/h3-9,12,20H,10-11H2,1-2H3,(H,19,21). The highest BCUT2D eigenvalue weighted by molar-refractivity contribution is 7.92. The Hall–Kier alpha value is -2.54. The van der Waals surface area contributed by atoms with Gasteiger partial charge in [-0.25, -0.2) is 8.42 Å². The maximum Gasteiger partial charge on any atom is 0.236 e. The molecule has 1 aliphatic heterocycles. The van der Waals surface area contributed by atoms with Crippen molar-refractivity contribution in [1.29, 1.82) is 0 Å². The predicted molar refractivity (Wildman–Crippen MR) is 97.4 cm³/mol. The van der Waals surface area contributed by atoms with Gasteiger partial charge in [0.05, 0.1) is 5.41 Å². The topological polar surface area (TPSA) is 84.5 Å². The Balaban J connectivity index is 1.66. The second-order valence-corrected chi connectivity index (χ2v) is 8.26. The number of benzene rings is 2. The molecule has 7 heteroatoms. The number of amides is 1. The van der Waals surface area contributed by atoms with Crippen LogP contribution < -0.4 is 14.8 Å². The second-order valence-electron chi connectivity index (χ2n) is 6.42. The van der Waals surface area contributed by atoms with Crippen molar-refractivity contribution in [3.63, 3.8) is 0 Å². The minimum Gasteiger partial charge on any atom is -0.492 e. The van der Waals surface area contributed by atoms with Crippen LogP contribution in [0.4, 0.5) is 11.4 Å². The second kappa shape index (κ2) is 6.40. The number of carbonyl (C=O) groups is 1. The van der Waals surface area contributed by atoms with E-state index in [0.29, 0.717) is 17.1 Å². The highest BCUT2D eigenvalue weighted by Crippen LogP contribution is 2.38. The third kappa shape index (κ3) is 3.76. The maximum absolute atomic E-state index is 12.2. The average Bonchev–Trinajstić information content (AvgIpc) is 2.78. The zero-order chi connectivity index (χ0) is 18.1. The molecule has 3 rings (SSSR count). The lowest BCUT2D eigenvalue weighted by Gasteiger charge is -2.16. The Kier molecular flexibility index (Phi) is 4.43. The van der Waals surface area contributed by atoms with Crippen molar-refractivity contribution in [3.05, 3.63) is 54.1 Å². The van der Waals surface area contributed by atoms with Gasteiger partial charge in [0.2, 0.25) is 15.9 Å². The summed E-state index contributed by atoms with van der Waals surface area (Å²) in [6.45, 7) is 3.66. The Morgan fingerprint density at radius 3 is 2.56 bits per heavy atom. The molecule has 25 heavy (non-hydrogen) atoms. The van der Waals surface area contributed by atoms with Gasteiger partial charge in [-0.2, -0.15) is 0 Å². The largest absolute Gasteiger partial charge is 0.492 e. The van der Waals surface area contributed by atoms with Crippen molar-refractivity contribution in [2.45, 2.75) is 19.3 Å². The molecule has 0 bridgehead atoms. The SMILES string of the molecule is CC1(C)C(=O)Nc2ccc(NS(=O)(=O)CCOc3ccccc3)cc21. The molecule has 1 heterocycles. The first-order valence-corrected chi connectivity index (χ1v) is 9.57. The third-order valence-electron chi connectivity index (χ3n) is 4.15. The lowest BCUT2D eigenvalue weighted by molar-refractivity contribution is -0.119. The quantitative estimate of drug-likeness (QED) is 0.830. The fraction of sp³-hybridized carbons (Fsp3) is 0.278. The number of rotatable bonds is 6. The summed E-state index contributed by atoms with van der Waals surface area (Å²) in [5.74, 6) is 0.361. The van der Waals surface area contributed by atoms with E-state index in [1.165, 1.54) is 0 Å². The Morgan fingerprint density at radius 1 is 1.12 bits per heavy atom. The van der Waals surface area contributed by atoms with Crippen LogP contribution in [0.2, 0.25) is 0 Å². The Morgan fingerprint density at radius 2 is 1.84 bits per heavy atom. The predicted octanol–water partition coefficient (Wildman–Crippen LogP) is 2.74. The smallest absolute Gasteiger partial charge is 0.236 e. The summed E-state index contributed by atoms with van der Waals surface area (Å²) in [4.78, 5) is 12.0. The van der Waals surface area contributed by atoms with Crippen molar-refractivity contribution < 1.29 is 17.9 Å². The Labute approximate surface area is 147 Å². The molecule has 0 atom stereocenters. The van der Waals surface area contributed by atoms with Gasteiger partial charge < -0.3 is 10.1 Å². The minimum absolute atomic E-state index is 0.0514. The lowest BCUT2D eigenvalue weighted by Crippen LogP contribution is -2.27. The number of hydrogen-bond acceptors (Lipinski definition) is 4. The monoisotopic (exact) mass is 360 g/mol. The molecule has 0 saturated heterocycles. The Bertz CT molecular complexity index is 893. The van der Waals surface area contributed by atoms with E-state index in [-0.39, 0.29) is 18.3 Å². The number of fused-ring (bicyclic) bond motifs is 1. The van der Waals surface area contributed by atoms with Gasteiger partial charge in [0.1, 0.15) is 18.1 Å². The molecule has 2 aromatic rings. The summed E-state index contributed by atoms with van der Waals surface area (Å²) in [6.07, 6.45) is 0. The molecule has 2 aromatic carbocycles.